The zero-order chi connectivity index (χ0) is 17.6. The van der Waals surface area contributed by atoms with E-state index >= 15 is 0 Å². The summed E-state index contributed by atoms with van der Waals surface area (Å²) in [6.45, 7) is 4.37. The summed E-state index contributed by atoms with van der Waals surface area (Å²) < 4.78 is 10.7. The van der Waals surface area contributed by atoms with Crippen molar-refractivity contribution < 1.29 is 14.3 Å². The van der Waals surface area contributed by atoms with Gasteiger partial charge >= 0.3 is 0 Å². The van der Waals surface area contributed by atoms with E-state index < -0.39 is 0 Å². The fourth-order valence-electron chi connectivity index (χ4n) is 3.23. The lowest BCUT2D eigenvalue weighted by molar-refractivity contribution is 0.0699. The Labute approximate surface area is 148 Å². The average molecular weight is 343 g/mol. The molecule has 2 aromatic rings. The lowest BCUT2D eigenvalue weighted by Gasteiger charge is -2.32. The van der Waals surface area contributed by atoms with Gasteiger partial charge in [-0.15, -0.1) is 0 Å². The minimum atomic E-state index is 0.0185. The highest BCUT2D eigenvalue weighted by atomic mass is 16.5. The minimum Gasteiger partial charge on any atom is -0.490 e. The van der Waals surface area contributed by atoms with Crippen molar-refractivity contribution in [2.75, 3.05) is 33.4 Å². The summed E-state index contributed by atoms with van der Waals surface area (Å²) in [5.74, 6) is 0.913. The largest absolute Gasteiger partial charge is 0.490 e. The predicted molar refractivity (Wildman–Crippen MR) is 95.0 cm³/mol. The number of methoxy groups -OCH3 is 1. The number of aromatic amines is 1. The molecule has 25 heavy (non-hydrogen) atoms. The van der Waals surface area contributed by atoms with E-state index in [0.717, 1.165) is 30.8 Å². The van der Waals surface area contributed by atoms with Gasteiger partial charge in [-0.2, -0.15) is 5.10 Å². The first-order valence-electron chi connectivity index (χ1n) is 8.71. The molecule has 0 spiro atoms. The van der Waals surface area contributed by atoms with E-state index in [2.05, 4.69) is 16.3 Å². The molecule has 2 heterocycles. The number of amides is 1. The molecule has 6 heteroatoms. The van der Waals surface area contributed by atoms with Gasteiger partial charge in [0.2, 0.25) is 0 Å². The summed E-state index contributed by atoms with van der Waals surface area (Å²) in [4.78, 5) is 14.9. The molecule has 1 aromatic carbocycles. The number of nitrogens with zero attached hydrogens (tertiary/aromatic N) is 2. The summed E-state index contributed by atoms with van der Waals surface area (Å²) in [6, 6.07) is 9.48. The van der Waals surface area contributed by atoms with Crippen LogP contribution in [0.25, 0.3) is 0 Å². The van der Waals surface area contributed by atoms with Gasteiger partial charge in [0, 0.05) is 31.8 Å². The van der Waals surface area contributed by atoms with Crippen molar-refractivity contribution in [1.29, 1.82) is 0 Å². The molecule has 1 fully saturated rings. The van der Waals surface area contributed by atoms with E-state index in [1.807, 2.05) is 36.1 Å². The van der Waals surface area contributed by atoms with Gasteiger partial charge in [0.05, 0.1) is 17.9 Å². The van der Waals surface area contributed by atoms with Crippen LogP contribution in [0.2, 0.25) is 0 Å². The van der Waals surface area contributed by atoms with Crippen LogP contribution in [0, 0.1) is 6.92 Å². The van der Waals surface area contributed by atoms with E-state index in [1.54, 1.807) is 7.11 Å². The van der Waals surface area contributed by atoms with Gasteiger partial charge in [-0.05, 0) is 38.0 Å². The lowest BCUT2D eigenvalue weighted by Crippen LogP contribution is -2.39. The zero-order valence-electron chi connectivity index (χ0n) is 14.8. The molecule has 0 aliphatic carbocycles. The standard InChI is InChI=1S/C19H25N3O3/c1-14-12-17(21-20-14)15-6-5-9-22(13-15)19(23)16-7-3-4-8-18(16)25-11-10-24-2/h3-4,7-8,12,15H,5-6,9-11,13H2,1-2H3,(H,20,21)/t15-/m1/s1. The summed E-state index contributed by atoms with van der Waals surface area (Å²) in [6.07, 6.45) is 2.04. The van der Waals surface area contributed by atoms with Crippen molar-refractivity contribution in [1.82, 2.24) is 15.1 Å². The zero-order valence-corrected chi connectivity index (χ0v) is 14.8. The molecule has 0 saturated carbocycles. The quantitative estimate of drug-likeness (QED) is 0.819. The third-order valence-electron chi connectivity index (χ3n) is 4.52. The number of piperidine rings is 1. The number of ether oxygens (including phenoxy) is 2. The monoisotopic (exact) mass is 343 g/mol. The molecule has 1 N–H and O–H groups in total. The highest BCUT2D eigenvalue weighted by Crippen LogP contribution is 2.28. The Morgan fingerprint density at radius 2 is 2.20 bits per heavy atom. The molecular formula is C19H25N3O3. The Kier molecular flexibility index (Phi) is 5.71. The highest BCUT2D eigenvalue weighted by molar-refractivity contribution is 5.97. The summed E-state index contributed by atoms with van der Waals surface area (Å²) in [5, 5.41) is 7.37. The Hall–Kier alpha value is -2.34. The van der Waals surface area contributed by atoms with Crippen LogP contribution >= 0.6 is 0 Å². The van der Waals surface area contributed by atoms with Gasteiger partial charge in [0.15, 0.2) is 0 Å². The molecule has 0 radical (unpaired) electrons. The maximum Gasteiger partial charge on any atom is 0.257 e. The molecule has 0 unspecified atom stereocenters. The molecule has 134 valence electrons. The maximum absolute atomic E-state index is 13.0. The predicted octanol–water partition coefficient (Wildman–Crippen LogP) is 2.76. The Bertz CT molecular complexity index is 713. The summed E-state index contributed by atoms with van der Waals surface area (Å²) in [5.41, 5.74) is 2.70. The summed E-state index contributed by atoms with van der Waals surface area (Å²) in [7, 11) is 1.63. The van der Waals surface area contributed by atoms with Crippen molar-refractivity contribution in [2.45, 2.75) is 25.7 Å². The van der Waals surface area contributed by atoms with Crippen LogP contribution in [0.5, 0.6) is 5.75 Å². The second kappa shape index (κ2) is 8.16. The van der Waals surface area contributed by atoms with Gasteiger partial charge in [-0.3, -0.25) is 9.89 Å². The van der Waals surface area contributed by atoms with Crippen LogP contribution in [0.4, 0.5) is 0 Å². The molecule has 1 aliphatic heterocycles. The van der Waals surface area contributed by atoms with Crippen LogP contribution < -0.4 is 4.74 Å². The van der Waals surface area contributed by atoms with Crippen molar-refractivity contribution in [3.8, 4) is 5.75 Å². The number of hydrogen-bond acceptors (Lipinski definition) is 4. The average Bonchev–Trinajstić information content (AvgIpc) is 3.08. The smallest absolute Gasteiger partial charge is 0.257 e. The number of hydrogen-bond donors (Lipinski definition) is 1. The number of H-pyrrole nitrogens is 1. The van der Waals surface area contributed by atoms with Crippen molar-refractivity contribution >= 4 is 5.91 Å². The molecule has 1 aromatic heterocycles. The number of aromatic nitrogens is 2. The van der Waals surface area contributed by atoms with E-state index in [-0.39, 0.29) is 11.8 Å². The maximum atomic E-state index is 13.0. The number of aryl methyl sites for hydroxylation is 1. The van der Waals surface area contributed by atoms with E-state index in [0.29, 0.717) is 31.1 Å². The lowest BCUT2D eigenvalue weighted by atomic mass is 9.94. The second-order valence-corrected chi connectivity index (χ2v) is 6.40. The van der Waals surface area contributed by atoms with Crippen LogP contribution in [0.15, 0.2) is 30.3 Å². The minimum absolute atomic E-state index is 0.0185. The van der Waals surface area contributed by atoms with E-state index in [4.69, 9.17) is 9.47 Å². The SMILES string of the molecule is COCCOc1ccccc1C(=O)N1CCC[C@@H](c2cc(C)[nH]n2)C1. The number of nitrogens with one attached hydrogen (secondary N) is 1. The van der Waals surface area contributed by atoms with Crippen molar-refractivity contribution in [3.63, 3.8) is 0 Å². The molecule has 1 aliphatic rings. The molecule has 1 saturated heterocycles. The number of rotatable bonds is 6. The van der Waals surface area contributed by atoms with E-state index in [1.165, 1.54) is 0 Å². The van der Waals surface area contributed by atoms with Gasteiger partial charge in [0.25, 0.3) is 5.91 Å². The third-order valence-corrected chi connectivity index (χ3v) is 4.52. The third kappa shape index (κ3) is 4.20. The first-order valence-corrected chi connectivity index (χ1v) is 8.71. The molecular weight excluding hydrogens is 318 g/mol. The fraction of sp³-hybridized carbons (Fsp3) is 0.474. The van der Waals surface area contributed by atoms with Crippen LogP contribution in [0.1, 0.15) is 40.5 Å². The number of benzene rings is 1. The number of likely N-dealkylation sites (tertiary alicyclic amines) is 1. The molecule has 1 atom stereocenters. The topological polar surface area (TPSA) is 67.5 Å². The molecule has 3 rings (SSSR count). The van der Waals surface area contributed by atoms with Crippen LogP contribution in [-0.4, -0.2) is 54.4 Å². The molecule has 6 nitrogen and oxygen atoms in total. The Morgan fingerprint density at radius 1 is 1.36 bits per heavy atom. The highest BCUT2D eigenvalue weighted by Gasteiger charge is 2.28. The summed E-state index contributed by atoms with van der Waals surface area (Å²) >= 11 is 0. The van der Waals surface area contributed by atoms with Crippen LogP contribution in [0.3, 0.4) is 0 Å². The van der Waals surface area contributed by atoms with Crippen molar-refractivity contribution in [3.05, 3.63) is 47.3 Å². The van der Waals surface area contributed by atoms with Crippen LogP contribution in [-0.2, 0) is 4.74 Å². The number of para-hydroxylation sites is 1. The fourth-order valence-corrected chi connectivity index (χ4v) is 3.23. The molecule has 0 bridgehead atoms. The first-order chi connectivity index (χ1) is 12.2. The van der Waals surface area contributed by atoms with Gasteiger partial charge in [-0.25, -0.2) is 0 Å². The molecule has 1 amide bonds. The normalized spacial score (nSPS) is 17.5. The van der Waals surface area contributed by atoms with Gasteiger partial charge in [0.1, 0.15) is 12.4 Å². The number of carbonyl (C=O) groups is 1. The van der Waals surface area contributed by atoms with Gasteiger partial charge in [-0.1, -0.05) is 12.1 Å². The Morgan fingerprint density at radius 3 is 2.96 bits per heavy atom. The van der Waals surface area contributed by atoms with E-state index in [9.17, 15) is 4.79 Å². The number of carbonyl (C=O) groups excluding carboxylic acids is 1. The van der Waals surface area contributed by atoms with Crippen molar-refractivity contribution in [2.24, 2.45) is 0 Å². The first kappa shape index (κ1) is 17.5. The second-order valence-electron chi connectivity index (χ2n) is 6.40. The van der Waals surface area contributed by atoms with Gasteiger partial charge < -0.3 is 14.4 Å². The Balaban J connectivity index is 1.72.